The Morgan fingerprint density at radius 3 is 2.30 bits per heavy atom. The zero-order valence-electron chi connectivity index (χ0n) is 16.8. The van der Waals surface area contributed by atoms with E-state index in [4.69, 9.17) is 14.2 Å². The number of hydrogen-bond acceptors (Lipinski definition) is 6. The summed E-state index contributed by atoms with van der Waals surface area (Å²) in [5.74, 6) is 1.51. The van der Waals surface area contributed by atoms with Crippen molar-refractivity contribution in [2.75, 3.05) is 54.3 Å². The first kappa shape index (κ1) is 23.9. The van der Waals surface area contributed by atoms with Gasteiger partial charge in [0.2, 0.25) is 5.91 Å². The molecule has 0 aromatic heterocycles. The molecule has 1 fully saturated rings. The lowest BCUT2D eigenvalue weighted by Gasteiger charge is -2.38. The number of rotatable bonds is 8. The highest BCUT2D eigenvalue weighted by molar-refractivity contribution is 7.98. The molecule has 1 heterocycles. The summed E-state index contributed by atoms with van der Waals surface area (Å²) in [6, 6.07) is 3.92. The summed E-state index contributed by atoms with van der Waals surface area (Å²) in [7, 11) is 6.78. The molecular formula is C19H31ClN2O4S. The van der Waals surface area contributed by atoms with E-state index >= 15 is 0 Å². The highest BCUT2D eigenvalue weighted by Gasteiger charge is 2.41. The molecule has 1 N–H and O–H groups in total. The molecule has 1 aromatic carbocycles. The van der Waals surface area contributed by atoms with Crippen molar-refractivity contribution in [2.24, 2.45) is 5.41 Å². The topological polar surface area (TPSA) is 60.0 Å². The van der Waals surface area contributed by atoms with Crippen LogP contribution < -0.4 is 14.8 Å². The molecule has 0 spiro atoms. The molecule has 27 heavy (non-hydrogen) atoms. The minimum Gasteiger partial charge on any atom is -0.493 e. The summed E-state index contributed by atoms with van der Waals surface area (Å²) in [6.45, 7) is 2.66. The predicted molar refractivity (Wildman–Crippen MR) is 111 cm³/mol. The SMILES string of the molecule is COCC1(C(=O)N(C)Cc2cc(OC)c(OC)cc2SC)CCNCC1.Cl. The maximum absolute atomic E-state index is 13.2. The van der Waals surface area contributed by atoms with Crippen molar-refractivity contribution in [3.8, 4) is 11.5 Å². The molecule has 1 saturated heterocycles. The third kappa shape index (κ3) is 5.44. The van der Waals surface area contributed by atoms with Crippen LogP contribution in [0, 0.1) is 5.41 Å². The van der Waals surface area contributed by atoms with Crippen LogP contribution in [0.4, 0.5) is 0 Å². The maximum Gasteiger partial charge on any atom is 0.231 e. The van der Waals surface area contributed by atoms with Crippen LogP contribution in [-0.2, 0) is 16.1 Å². The summed E-state index contributed by atoms with van der Waals surface area (Å²) in [6.07, 6.45) is 3.61. The van der Waals surface area contributed by atoms with Gasteiger partial charge in [0.25, 0.3) is 0 Å². The second-order valence-corrected chi connectivity index (χ2v) is 7.49. The van der Waals surface area contributed by atoms with Gasteiger partial charge in [-0.2, -0.15) is 0 Å². The Morgan fingerprint density at radius 2 is 1.78 bits per heavy atom. The van der Waals surface area contributed by atoms with E-state index in [1.54, 1.807) is 33.1 Å². The third-order valence-electron chi connectivity index (χ3n) is 4.98. The van der Waals surface area contributed by atoms with Crippen molar-refractivity contribution in [3.63, 3.8) is 0 Å². The molecule has 0 atom stereocenters. The number of amides is 1. The average molecular weight is 419 g/mol. The largest absolute Gasteiger partial charge is 0.493 e. The van der Waals surface area contributed by atoms with Crippen LogP contribution in [0.2, 0.25) is 0 Å². The van der Waals surface area contributed by atoms with Gasteiger partial charge >= 0.3 is 0 Å². The molecule has 1 aliphatic rings. The molecule has 0 saturated carbocycles. The minimum absolute atomic E-state index is 0. The molecule has 0 aliphatic carbocycles. The fourth-order valence-corrected chi connectivity index (χ4v) is 4.16. The van der Waals surface area contributed by atoms with E-state index in [2.05, 4.69) is 5.32 Å². The average Bonchev–Trinajstić information content (AvgIpc) is 2.67. The number of nitrogens with one attached hydrogen (secondary N) is 1. The Morgan fingerprint density at radius 1 is 1.19 bits per heavy atom. The number of methoxy groups -OCH3 is 3. The molecule has 1 amide bonds. The first-order valence-electron chi connectivity index (χ1n) is 8.75. The van der Waals surface area contributed by atoms with E-state index in [-0.39, 0.29) is 18.3 Å². The number of hydrogen-bond donors (Lipinski definition) is 1. The molecule has 154 valence electrons. The lowest BCUT2D eigenvalue weighted by Crippen LogP contribution is -2.50. The maximum atomic E-state index is 13.2. The van der Waals surface area contributed by atoms with E-state index < -0.39 is 5.41 Å². The van der Waals surface area contributed by atoms with Gasteiger partial charge in [0.05, 0.1) is 26.2 Å². The molecule has 1 aliphatic heterocycles. The van der Waals surface area contributed by atoms with Crippen molar-refractivity contribution in [1.82, 2.24) is 10.2 Å². The normalized spacial score (nSPS) is 15.6. The molecule has 0 unspecified atom stereocenters. The Balaban J connectivity index is 0.00000364. The van der Waals surface area contributed by atoms with Gasteiger partial charge in [-0.3, -0.25) is 4.79 Å². The number of nitrogens with zero attached hydrogens (tertiary/aromatic N) is 1. The van der Waals surface area contributed by atoms with E-state index in [1.807, 2.05) is 30.3 Å². The van der Waals surface area contributed by atoms with Crippen molar-refractivity contribution in [3.05, 3.63) is 17.7 Å². The lowest BCUT2D eigenvalue weighted by atomic mass is 9.78. The number of benzene rings is 1. The van der Waals surface area contributed by atoms with Gasteiger partial charge < -0.3 is 24.4 Å². The minimum atomic E-state index is -0.440. The highest BCUT2D eigenvalue weighted by atomic mass is 35.5. The Labute approximate surface area is 172 Å². The fraction of sp³-hybridized carbons (Fsp3) is 0.632. The van der Waals surface area contributed by atoms with Crippen LogP contribution in [0.5, 0.6) is 11.5 Å². The smallest absolute Gasteiger partial charge is 0.231 e. The Hall–Kier alpha value is -1.15. The Kier molecular flexibility index (Phi) is 9.73. The van der Waals surface area contributed by atoms with Crippen LogP contribution in [0.15, 0.2) is 17.0 Å². The molecule has 2 rings (SSSR count). The fourth-order valence-electron chi connectivity index (χ4n) is 3.55. The van der Waals surface area contributed by atoms with Gasteiger partial charge in [0.1, 0.15) is 0 Å². The quantitative estimate of drug-likeness (QED) is 0.655. The summed E-state index contributed by atoms with van der Waals surface area (Å²) >= 11 is 1.63. The number of thioether (sulfide) groups is 1. The standard InChI is InChI=1S/C19H30N2O4S.ClH/c1-21(18(22)19(13-23-2)6-8-20-9-7-19)12-14-10-15(24-3)16(25-4)11-17(14)26-5;/h10-11,20H,6-9,12-13H2,1-5H3;1H. The Bertz CT molecular complexity index is 618. The number of piperidine rings is 1. The second kappa shape index (κ2) is 11.0. The molecule has 6 nitrogen and oxygen atoms in total. The first-order chi connectivity index (χ1) is 12.5. The number of halogens is 1. The molecular weight excluding hydrogens is 388 g/mol. The summed E-state index contributed by atoms with van der Waals surface area (Å²) in [5, 5.41) is 3.33. The summed E-state index contributed by atoms with van der Waals surface area (Å²) < 4.78 is 16.2. The van der Waals surface area contributed by atoms with Gasteiger partial charge in [0.15, 0.2) is 11.5 Å². The monoisotopic (exact) mass is 418 g/mol. The predicted octanol–water partition coefficient (Wildman–Crippen LogP) is 2.82. The van der Waals surface area contributed by atoms with Crippen LogP contribution in [0.25, 0.3) is 0 Å². The third-order valence-corrected chi connectivity index (χ3v) is 5.80. The van der Waals surface area contributed by atoms with Crippen LogP contribution >= 0.6 is 24.2 Å². The zero-order valence-corrected chi connectivity index (χ0v) is 18.4. The lowest BCUT2D eigenvalue weighted by molar-refractivity contribution is -0.146. The van der Waals surface area contributed by atoms with Crippen molar-refractivity contribution >= 4 is 30.1 Å². The van der Waals surface area contributed by atoms with E-state index in [1.165, 1.54) is 0 Å². The van der Waals surface area contributed by atoms with Gasteiger partial charge in [-0.25, -0.2) is 0 Å². The van der Waals surface area contributed by atoms with Gasteiger partial charge in [-0.05, 0) is 49.9 Å². The summed E-state index contributed by atoms with van der Waals surface area (Å²) in [4.78, 5) is 16.1. The van der Waals surface area contributed by atoms with E-state index in [9.17, 15) is 4.79 Å². The van der Waals surface area contributed by atoms with E-state index in [0.717, 1.165) is 36.4 Å². The highest BCUT2D eigenvalue weighted by Crippen LogP contribution is 2.36. The zero-order chi connectivity index (χ0) is 19.2. The van der Waals surface area contributed by atoms with Gasteiger partial charge in [-0.1, -0.05) is 0 Å². The van der Waals surface area contributed by atoms with Crippen molar-refractivity contribution in [2.45, 2.75) is 24.3 Å². The van der Waals surface area contributed by atoms with Gasteiger partial charge in [-0.15, -0.1) is 24.2 Å². The van der Waals surface area contributed by atoms with Crippen LogP contribution in [0.1, 0.15) is 18.4 Å². The second-order valence-electron chi connectivity index (χ2n) is 6.64. The van der Waals surface area contributed by atoms with Crippen molar-refractivity contribution < 1.29 is 19.0 Å². The molecule has 1 aromatic rings. The summed E-state index contributed by atoms with van der Waals surface area (Å²) in [5.41, 5.74) is 0.609. The molecule has 0 radical (unpaired) electrons. The number of carbonyl (C=O) groups excluding carboxylic acids is 1. The van der Waals surface area contributed by atoms with Crippen LogP contribution in [0.3, 0.4) is 0 Å². The molecule has 8 heteroatoms. The van der Waals surface area contributed by atoms with E-state index in [0.29, 0.717) is 24.7 Å². The van der Waals surface area contributed by atoms with Gasteiger partial charge in [0, 0.05) is 25.6 Å². The molecule has 0 bridgehead atoms. The van der Waals surface area contributed by atoms with Crippen molar-refractivity contribution in [1.29, 1.82) is 0 Å². The first-order valence-corrected chi connectivity index (χ1v) is 9.98. The number of carbonyl (C=O) groups is 1. The number of ether oxygens (including phenoxy) is 3. The van der Waals surface area contributed by atoms with Crippen LogP contribution in [-0.4, -0.2) is 65.1 Å².